The molecule has 19 heavy (non-hydrogen) atoms. The van der Waals surface area contributed by atoms with E-state index in [-0.39, 0.29) is 18.1 Å². The molecule has 2 unspecified atom stereocenters. The van der Waals surface area contributed by atoms with Crippen molar-refractivity contribution >= 4 is 12.0 Å². The smallest absolute Gasteiger partial charge is 0.329 e. The van der Waals surface area contributed by atoms with Crippen LogP contribution >= 0.6 is 0 Å². The molecule has 2 amide bonds. The first-order chi connectivity index (χ1) is 8.71. The number of likely N-dealkylation sites (tertiary alicyclic amines) is 1. The largest absolute Gasteiger partial charge is 0.480 e. The van der Waals surface area contributed by atoms with E-state index in [9.17, 15) is 19.8 Å². The molecule has 0 bridgehead atoms. The van der Waals surface area contributed by atoms with Gasteiger partial charge in [0.2, 0.25) is 0 Å². The maximum Gasteiger partial charge on any atom is 0.329 e. The second kappa shape index (κ2) is 5.77. The zero-order chi connectivity index (χ0) is 14.8. The predicted molar refractivity (Wildman–Crippen MR) is 70.9 cm³/mol. The van der Waals surface area contributed by atoms with Crippen molar-refractivity contribution in [3.05, 3.63) is 0 Å². The molecule has 0 aromatic carbocycles. The van der Waals surface area contributed by atoms with Gasteiger partial charge in [0.1, 0.15) is 5.54 Å². The third kappa shape index (κ3) is 3.18. The summed E-state index contributed by atoms with van der Waals surface area (Å²) < 4.78 is 0. The minimum Gasteiger partial charge on any atom is -0.480 e. The van der Waals surface area contributed by atoms with Crippen molar-refractivity contribution in [2.75, 3.05) is 19.6 Å². The fourth-order valence-electron chi connectivity index (χ4n) is 2.36. The molecule has 0 spiro atoms. The normalized spacial score (nSPS) is 24.2. The number of carboxylic acids is 1. The third-order valence-corrected chi connectivity index (χ3v) is 3.88. The molecule has 110 valence electrons. The Hall–Kier alpha value is -1.30. The van der Waals surface area contributed by atoms with Crippen LogP contribution in [0.15, 0.2) is 0 Å². The summed E-state index contributed by atoms with van der Waals surface area (Å²) in [6, 6.07) is -0.270. The van der Waals surface area contributed by atoms with E-state index in [1.54, 1.807) is 11.8 Å². The maximum atomic E-state index is 12.4. The maximum absolute atomic E-state index is 12.4. The van der Waals surface area contributed by atoms with Crippen LogP contribution in [0.5, 0.6) is 0 Å². The Morgan fingerprint density at radius 1 is 1.42 bits per heavy atom. The average Bonchev–Trinajstić information content (AvgIpc) is 2.32. The number of aliphatic carboxylic acids is 1. The molecule has 0 aromatic rings. The van der Waals surface area contributed by atoms with Crippen LogP contribution in [0.25, 0.3) is 0 Å². The van der Waals surface area contributed by atoms with Gasteiger partial charge >= 0.3 is 12.0 Å². The number of carbonyl (C=O) groups excluding carboxylic acids is 1. The summed E-state index contributed by atoms with van der Waals surface area (Å²) in [4.78, 5) is 26.7. The Morgan fingerprint density at radius 3 is 2.42 bits per heavy atom. The second-order valence-corrected chi connectivity index (χ2v) is 5.67. The minimum atomic E-state index is -1.23. The Kier molecular flexibility index (Phi) is 4.79. The molecule has 1 fully saturated rings. The lowest BCUT2D eigenvalue weighted by molar-refractivity contribution is -0.147. The highest BCUT2D eigenvalue weighted by Crippen LogP contribution is 2.22. The molecule has 1 rings (SSSR count). The van der Waals surface area contributed by atoms with Crippen LogP contribution in [0.4, 0.5) is 4.79 Å². The van der Waals surface area contributed by atoms with Gasteiger partial charge in [-0.1, -0.05) is 6.92 Å². The fourth-order valence-corrected chi connectivity index (χ4v) is 2.36. The van der Waals surface area contributed by atoms with E-state index in [0.29, 0.717) is 26.1 Å². The van der Waals surface area contributed by atoms with Gasteiger partial charge in [0.15, 0.2) is 0 Å². The molecule has 1 aliphatic heterocycles. The molecule has 0 aromatic heterocycles. The summed E-state index contributed by atoms with van der Waals surface area (Å²) in [6.45, 7) is 7.99. The summed E-state index contributed by atoms with van der Waals surface area (Å²) in [5.41, 5.74) is -1.23. The average molecular weight is 272 g/mol. The van der Waals surface area contributed by atoms with E-state index >= 15 is 0 Å². The summed E-state index contributed by atoms with van der Waals surface area (Å²) in [6.07, 6.45) is 0.157. The quantitative estimate of drug-likeness (QED) is 0.803. The number of rotatable bonds is 3. The highest BCUT2D eigenvalue weighted by molar-refractivity contribution is 5.85. The summed E-state index contributed by atoms with van der Waals surface area (Å²) in [7, 11) is 0. The Morgan fingerprint density at radius 2 is 2.00 bits per heavy atom. The van der Waals surface area contributed by atoms with Gasteiger partial charge < -0.3 is 20.0 Å². The first kappa shape index (κ1) is 15.8. The molecule has 0 radical (unpaired) electrons. The molecule has 6 nitrogen and oxygen atoms in total. The minimum absolute atomic E-state index is 0.0179. The molecule has 1 heterocycles. The number of carboxylic acid groups (broad SMARTS) is 1. The zero-order valence-corrected chi connectivity index (χ0v) is 12.1. The van der Waals surface area contributed by atoms with Crippen LogP contribution in [0.1, 0.15) is 34.1 Å². The lowest BCUT2D eigenvalue weighted by Crippen LogP contribution is -2.59. The number of urea groups is 1. The fraction of sp³-hybridized carbons (Fsp3) is 0.846. The Balaban J connectivity index is 2.83. The highest BCUT2D eigenvalue weighted by atomic mass is 16.4. The van der Waals surface area contributed by atoms with Crippen molar-refractivity contribution in [2.45, 2.75) is 45.8 Å². The van der Waals surface area contributed by atoms with E-state index in [1.165, 1.54) is 18.7 Å². The van der Waals surface area contributed by atoms with Crippen molar-refractivity contribution in [1.82, 2.24) is 9.80 Å². The summed E-state index contributed by atoms with van der Waals surface area (Å²) >= 11 is 0. The number of amides is 2. The van der Waals surface area contributed by atoms with Crippen LogP contribution in [0, 0.1) is 5.92 Å². The van der Waals surface area contributed by atoms with Crippen molar-refractivity contribution in [3.8, 4) is 0 Å². The van der Waals surface area contributed by atoms with E-state index in [1.807, 2.05) is 6.92 Å². The van der Waals surface area contributed by atoms with Crippen LogP contribution in [-0.2, 0) is 4.79 Å². The topological polar surface area (TPSA) is 81.1 Å². The Bertz CT molecular complexity index is 357. The number of hydrogen-bond donors (Lipinski definition) is 2. The molecule has 6 heteroatoms. The van der Waals surface area contributed by atoms with Gasteiger partial charge in [0.05, 0.1) is 6.10 Å². The van der Waals surface area contributed by atoms with E-state index in [4.69, 9.17) is 0 Å². The summed E-state index contributed by atoms with van der Waals surface area (Å²) in [5.74, 6) is -1.00. The molecule has 0 saturated carbocycles. The van der Waals surface area contributed by atoms with Crippen LogP contribution < -0.4 is 0 Å². The number of likely N-dealkylation sites (N-methyl/N-ethyl adjacent to an activating group) is 1. The standard InChI is InChI=1S/C13H24N2O4/c1-5-15(13(3,4)11(17)18)12(19)14-7-6-10(16)9(2)8-14/h9-10,16H,5-8H2,1-4H3,(H,17,18). The molecule has 2 atom stereocenters. The van der Waals surface area contributed by atoms with E-state index < -0.39 is 11.5 Å². The number of aliphatic hydroxyl groups is 1. The van der Waals surface area contributed by atoms with Crippen LogP contribution in [0.3, 0.4) is 0 Å². The molecule has 1 aliphatic rings. The van der Waals surface area contributed by atoms with Crippen LogP contribution in [0.2, 0.25) is 0 Å². The lowest BCUT2D eigenvalue weighted by atomic mass is 9.96. The molecular weight excluding hydrogens is 248 g/mol. The lowest BCUT2D eigenvalue weighted by Gasteiger charge is -2.41. The monoisotopic (exact) mass is 272 g/mol. The van der Waals surface area contributed by atoms with Gasteiger partial charge in [-0.15, -0.1) is 0 Å². The van der Waals surface area contributed by atoms with Gasteiger partial charge in [-0.2, -0.15) is 0 Å². The number of nitrogens with zero attached hydrogens (tertiary/aromatic N) is 2. The van der Waals surface area contributed by atoms with Gasteiger partial charge in [0.25, 0.3) is 0 Å². The number of aliphatic hydroxyl groups excluding tert-OH is 1. The summed E-state index contributed by atoms with van der Waals surface area (Å²) in [5, 5.41) is 18.9. The Labute approximate surface area is 114 Å². The molecule has 0 aliphatic carbocycles. The third-order valence-electron chi connectivity index (χ3n) is 3.88. The highest BCUT2D eigenvalue weighted by Gasteiger charge is 2.40. The second-order valence-electron chi connectivity index (χ2n) is 5.67. The van der Waals surface area contributed by atoms with Gasteiger partial charge in [-0.05, 0) is 33.1 Å². The van der Waals surface area contributed by atoms with Crippen LogP contribution in [-0.4, -0.2) is 63.3 Å². The number of carbonyl (C=O) groups is 2. The van der Waals surface area contributed by atoms with Gasteiger partial charge in [0, 0.05) is 19.6 Å². The van der Waals surface area contributed by atoms with Gasteiger partial charge in [-0.3, -0.25) is 0 Å². The van der Waals surface area contributed by atoms with E-state index in [0.717, 1.165) is 0 Å². The molecule has 1 saturated heterocycles. The van der Waals surface area contributed by atoms with Crippen molar-refractivity contribution in [1.29, 1.82) is 0 Å². The predicted octanol–water partition coefficient (Wildman–Crippen LogP) is 0.994. The zero-order valence-electron chi connectivity index (χ0n) is 12.1. The number of piperidine rings is 1. The molecular formula is C13H24N2O4. The SMILES string of the molecule is CCN(C(=O)N1CCC(O)C(C)C1)C(C)(C)C(=O)O. The van der Waals surface area contributed by atoms with Crippen molar-refractivity contribution in [2.24, 2.45) is 5.92 Å². The first-order valence-electron chi connectivity index (χ1n) is 6.69. The van der Waals surface area contributed by atoms with Crippen molar-refractivity contribution < 1.29 is 19.8 Å². The number of hydrogen-bond acceptors (Lipinski definition) is 3. The molecule has 2 N–H and O–H groups in total. The first-order valence-corrected chi connectivity index (χ1v) is 6.69. The van der Waals surface area contributed by atoms with E-state index in [2.05, 4.69) is 0 Å². The van der Waals surface area contributed by atoms with Gasteiger partial charge in [-0.25, -0.2) is 9.59 Å². The van der Waals surface area contributed by atoms with Crippen molar-refractivity contribution in [3.63, 3.8) is 0 Å².